The summed E-state index contributed by atoms with van der Waals surface area (Å²) >= 11 is 0. The first kappa shape index (κ1) is 20.9. The van der Waals surface area contributed by atoms with Crippen molar-refractivity contribution in [1.82, 2.24) is 15.2 Å². The number of carbonyl (C=O) groups is 2. The van der Waals surface area contributed by atoms with Gasteiger partial charge in [-0.05, 0) is 55.3 Å². The normalized spacial score (nSPS) is 25.4. The van der Waals surface area contributed by atoms with Gasteiger partial charge < -0.3 is 25.0 Å². The standard InChI is InChI=1S/C24H28N4O4/c29-22(21-4-2-12-31-21)24(9-11-26-16-24)32-20-7-5-19(6-8-20)27-23(30)28-14-18(15-28)17-3-1-10-25-13-17/h1,3,5-8,10,13,18,21,26H,2,4,9,11-12,14-16H2,(H,27,30)/t21-,24+/m0/s1. The Labute approximate surface area is 187 Å². The Morgan fingerprint density at radius 2 is 2.06 bits per heavy atom. The van der Waals surface area contributed by atoms with Crippen molar-refractivity contribution in [3.05, 3.63) is 54.4 Å². The van der Waals surface area contributed by atoms with E-state index in [-0.39, 0.29) is 17.9 Å². The Balaban J connectivity index is 1.17. The molecule has 5 rings (SSSR count). The Morgan fingerprint density at radius 3 is 2.72 bits per heavy atom. The lowest BCUT2D eigenvalue weighted by Gasteiger charge is -2.39. The number of benzene rings is 1. The Morgan fingerprint density at radius 1 is 1.22 bits per heavy atom. The summed E-state index contributed by atoms with van der Waals surface area (Å²) in [7, 11) is 0. The third-order valence-corrected chi connectivity index (χ3v) is 6.53. The molecular weight excluding hydrogens is 408 g/mol. The lowest BCUT2D eigenvalue weighted by Crippen LogP contribution is -2.51. The minimum atomic E-state index is -0.890. The summed E-state index contributed by atoms with van der Waals surface area (Å²) in [6.45, 7) is 3.22. The first-order valence-corrected chi connectivity index (χ1v) is 11.2. The second-order valence-corrected chi connectivity index (χ2v) is 8.73. The van der Waals surface area contributed by atoms with Crippen LogP contribution < -0.4 is 15.4 Å². The molecule has 2 N–H and O–H groups in total. The number of nitrogens with one attached hydrogen (secondary N) is 2. The number of ketones is 1. The minimum Gasteiger partial charge on any atom is -0.478 e. The molecule has 3 fully saturated rings. The molecule has 0 aliphatic carbocycles. The molecule has 2 aromatic rings. The van der Waals surface area contributed by atoms with Crippen molar-refractivity contribution < 1.29 is 19.1 Å². The average Bonchev–Trinajstić information content (AvgIpc) is 3.47. The molecule has 3 aliphatic heterocycles. The predicted octanol–water partition coefficient (Wildman–Crippen LogP) is 2.57. The molecule has 0 spiro atoms. The molecule has 8 nitrogen and oxygen atoms in total. The molecule has 0 unspecified atom stereocenters. The number of pyridine rings is 1. The Bertz CT molecular complexity index is 948. The van der Waals surface area contributed by atoms with Crippen LogP contribution in [0.15, 0.2) is 48.8 Å². The molecule has 0 radical (unpaired) electrons. The first-order valence-electron chi connectivity index (χ1n) is 11.2. The first-order chi connectivity index (χ1) is 15.6. The van der Waals surface area contributed by atoms with Crippen LogP contribution in [-0.2, 0) is 9.53 Å². The van der Waals surface area contributed by atoms with Crippen LogP contribution in [0.3, 0.4) is 0 Å². The molecule has 0 bridgehead atoms. The fourth-order valence-electron chi connectivity index (χ4n) is 4.60. The van der Waals surface area contributed by atoms with Gasteiger partial charge in [-0.2, -0.15) is 0 Å². The number of ether oxygens (including phenoxy) is 2. The largest absolute Gasteiger partial charge is 0.478 e. The zero-order valence-corrected chi connectivity index (χ0v) is 18.0. The van der Waals surface area contributed by atoms with Crippen molar-refractivity contribution in [3.63, 3.8) is 0 Å². The van der Waals surface area contributed by atoms with Gasteiger partial charge in [0.05, 0.1) is 0 Å². The number of urea groups is 1. The number of nitrogens with zero attached hydrogens (tertiary/aromatic N) is 2. The number of aromatic nitrogens is 1. The van der Waals surface area contributed by atoms with Crippen molar-refractivity contribution in [1.29, 1.82) is 0 Å². The monoisotopic (exact) mass is 436 g/mol. The summed E-state index contributed by atoms with van der Waals surface area (Å²) in [6, 6.07) is 11.0. The van der Waals surface area contributed by atoms with E-state index >= 15 is 0 Å². The fraction of sp³-hybridized carbons (Fsp3) is 0.458. The van der Waals surface area contributed by atoms with Crippen LogP contribution in [0.25, 0.3) is 0 Å². The number of likely N-dealkylation sites (tertiary alicyclic amines) is 1. The predicted molar refractivity (Wildman–Crippen MR) is 119 cm³/mol. The van der Waals surface area contributed by atoms with Crippen molar-refractivity contribution in [3.8, 4) is 5.75 Å². The number of Topliss-reactive ketones (excluding diaryl/α,β-unsaturated/α-hetero) is 1. The van der Waals surface area contributed by atoms with E-state index in [9.17, 15) is 9.59 Å². The van der Waals surface area contributed by atoms with Gasteiger partial charge in [0.1, 0.15) is 11.9 Å². The topological polar surface area (TPSA) is 92.8 Å². The molecule has 3 aliphatic rings. The number of amides is 2. The summed E-state index contributed by atoms with van der Waals surface area (Å²) < 4.78 is 11.8. The van der Waals surface area contributed by atoms with E-state index in [2.05, 4.69) is 15.6 Å². The second-order valence-electron chi connectivity index (χ2n) is 8.73. The molecule has 2 amide bonds. The highest BCUT2D eigenvalue weighted by Gasteiger charge is 2.47. The van der Waals surface area contributed by atoms with E-state index in [1.807, 2.05) is 18.3 Å². The smallest absolute Gasteiger partial charge is 0.321 e. The van der Waals surface area contributed by atoms with Crippen molar-refractivity contribution in [2.24, 2.45) is 0 Å². The third-order valence-electron chi connectivity index (χ3n) is 6.53. The van der Waals surface area contributed by atoms with Gasteiger partial charge in [0.2, 0.25) is 5.78 Å². The summed E-state index contributed by atoms with van der Waals surface area (Å²) in [5, 5.41) is 6.18. The van der Waals surface area contributed by atoms with E-state index in [0.717, 1.165) is 24.9 Å². The van der Waals surface area contributed by atoms with Crippen LogP contribution in [0, 0.1) is 0 Å². The van der Waals surface area contributed by atoms with Gasteiger partial charge in [-0.25, -0.2) is 4.79 Å². The highest BCUT2D eigenvalue weighted by atomic mass is 16.5. The molecule has 0 saturated carbocycles. The average molecular weight is 437 g/mol. The highest BCUT2D eigenvalue weighted by molar-refractivity contribution is 5.92. The maximum Gasteiger partial charge on any atom is 0.321 e. The van der Waals surface area contributed by atoms with Gasteiger partial charge in [-0.15, -0.1) is 0 Å². The molecule has 1 aromatic carbocycles. The van der Waals surface area contributed by atoms with Crippen LogP contribution in [-0.4, -0.2) is 66.2 Å². The van der Waals surface area contributed by atoms with Crippen molar-refractivity contribution in [2.75, 3.05) is 38.1 Å². The fourth-order valence-corrected chi connectivity index (χ4v) is 4.60. The van der Waals surface area contributed by atoms with Gasteiger partial charge in [-0.3, -0.25) is 9.78 Å². The molecule has 4 heterocycles. The highest BCUT2D eigenvalue weighted by Crippen LogP contribution is 2.31. The van der Waals surface area contributed by atoms with Crippen molar-refractivity contribution in [2.45, 2.75) is 36.9 Å². The molecular formula is C24H28N4O4. The van der Waals surface area contributed by atoms with Crippen LogP contribution >= 0.6 is 0 Å². The van der Waals surface area contributed by atoms with Gasteiger partial charge in [0.25, 0.3) is 0 Å². The van der Waals surface area contributed by atoms with Gasteiger partial charge in [0.15, 0.2) is 5.60 Å². The number of anilines is 1. The Kier molecular flexibility index (Phi) is 5.80. The molecule has 2 atom stereocenters. The number of rotatable bonds is 6. The number of carbonyl (C=O) groups excluding carboxylic acids is 2. The zero-order valence-electron chi connectivity index (χ0n) is 18.0. The van der Waals surface area contributed by atoms with E-state index < -0.39 is 5.60 Å². The van der Waals surface area contributed by atoms with E-state index in [1.165, 1.54) is 0 Å². The molecule has 1 aromatic heterocycles. The third kappa shape index (κ3) is 4.20. The SMILES string of the molecule is O=C(Nc1ccc(O[C@]2(C(=O)[C@@H]3CCCO3)CCNC2)cc1)N1CC(c2cccnc2)C1. The molecule has 168 valence electrons. The summed E-state index contributed by atoms with van der Waals surface area (Å²) in [6.07, 6.45) is 5.53. The maximum absolute atomic E-state index is 13.1. The summed E-state index contributed by atoms with van der Waals surface area (Å²) in [4.78, 5) is 31.5. The van der Waals surface area contributed by atoms with Crippen LogP contribution in [0.5, 0.6) is 5.75 Å². The van der Waals surface area contributed by atoms with Crippen LogP contribution in [0.2, 0.25) is 0 Å². The van der Waals surface area contributed by atoms with Crippen LogP contribution in [0.4, 0.5) is 10.5 Å². The lowest BCUT2D eigenvalue weighted by atomic mass is 9.92. The van der Waals surface area contributed by atoms with E-state index in [0.29, 0.717) is 50.0 Å². The quantitative estimate of drug-likeness (QED) is 0.723. The molecule has 3 saturated heterocycles. The number of hydrogen-bond donors (Lipinski definition) is 2. The van der Waals surface area contributed by atoms with E-state index in [4.69, 9.17) is 9.47 Å². The second kappa shape index (κ2) is 8.88. The van der Waals surface area contributed by atoms with Crippen LogP contribution in [0.1, 0.15) is 30.7 Å². The number of hydrogen-bond acceptors (Lipinski definition) is 6. The van der Waals surface area contributed by atoms with Crippen molar-refractivity contribution >= 4 is 17.5 Å². The Hall–Kier alpha value is -2.97. The maximum atomic E-state index is 13.1. The van der Waals surface area contributed by atoms with Gasteiger partial charge in [-0.1, -0.05) is 6.07 Å². The van der Waals surface area contributed by atoms with E-state index in [1.54, 1.807) is 35.4 Å². The zero-order chi connectivity index (χ0) is 22.0. The summed E-state index contributed by atoms with van der Waals surface area (Å²) in [5.41, 5.74) is 0.959. The van der Waals surface area contributed by atoms with Gasteiger partial charge in [0, 0.05) is 56.7 Å². The summed E-state index contributed by atoms with van der Waals surface area (Å²) in [5.74, 6) is 0.972. The molecule has 32 heavy (non-hydrogen) atoms. The van der Waals surface area contributed by atoms with Gasteiger partial charge >= 0.3 is 6.03 Å². The minimum absolute atomic E-state index is 0.0262. The lowest BCUT2D eigenvalue weighted by molar-refractivity contribution is -0.142. The molecule has 8 heteroatoms.